The number of aryl methyl sites for hydroxylation is 3. The third-order valence-electron chi connectivity index (χ3n) is 3.17. The molecule has 0 unspecified atom stereocenters. The lowest BCUT2D eigenvalue weighted by molar-refractivity contribution is -0.116. The van der Waals surface area contributed by atoms with Crippen molar-refractivity contribution in [2.75, 3.05) is 5.32 Å². The Morgan fingerprint density at radius 2 is 1.90 bits per heavy atom. The normalized spacial score (nSPS) is 10.3. The standard InChI is InChI=1S/C17H20N2O/c1-13-6-8-15(9-7-13)4-3-5-17(20)19-16-10-11-18-14(2)12-16/h6-12H,3-5H2,1-2H3,(H,18,19,20). The molecule has 0 radical (unpaired) electrons. The number of carbonyl (C=O) groups is 1. The van der Waals surface area contributed by atoms with E-state index in [1.807, 2.05) is 19.1 Å². The predicted octanol–water partition coefficient (Wildman–Crippen LogP) is 3.66. The predicted molar refractivity (Wildman–Crippen MR) is 81.7 cm³/mol. The Morgan fingerprint density at radius 1 is 1.15 bits per heavy atom. The van der Waals surface area contributed by atoms with Crippen LogP contribution in [0.2, 0.25) is 0 Å². The molecule has 104 valence electrons. The largest absolute Gasteiger partial charge is 0.326 e. The minimum Gasteiger partial charge on any atom is -0.326 e. The van der Waals surface area contributed by atoms with Gasteiger partial charge in [0.1, 0.15) is 0 Å². The fraction of sp³-hybridized carbons (Fsp3) is 0.294. The monoisotopic (exact) mass is 268 g/mol. The summed E-state index contributed by atoms with van der Waals surface area (Å²) in [5.74, 6) is 0.0581. The summed E-state index contributed by atoms with van der Waals surface area (Å²) in [4.78, 5) is 15.9. The second-order valence-electron chi connectivity index (χ2n) is 5.07. The highest BCUT2D eigenvalue weighted by atomic mass is 16.1. The smallest absolute Gasteiger partial charge is 0.224 e. The number of nitrogens with one attached hydrogen (secondary N) is 1. The maximum atomic E-state index is 11.8. The van der Waals surface area contributed by atoms with Crippen LogP contribution in [0.1, 0.15) is 29.7 Å². The van der Waals surface area contributed by atoms with Gasteiger partial charge in [0.15, 0.2) is 0 Å². The number of hydrogen-bond acceptors (Lipinski definition) is 2. The molecular formula is C17H20N2O. The topological polar surface area (TPSA) is 42.0 Å². The molecule has 0 aliphatic heterocycles. The molecule has 0 saturated carbocycles. The van der Waals surface area contributed by atoms with E-state index in [0.717, 1.165) is 24.2 Å². The molecule has 0 bridgehead atoms. The lowest BCUT2D eigenvalue weighted by atomic mass is 10.1. The fourth-order valence-electron chi connectivity index (χ4n) is 2.05. The Labute approximate surface area is 120 Å². The van der Waals surface area contributed by atoms with Gasteiger partial charge in [-0.1, -0.05) is 29.8 Å². The summed E-state index contributed by atoms with van der Waals surface area (Å²) in [6.45, 7) is 3.99. The third-order valence-corrected chi connectivity index (χ3v) is 3.17. The van der Waals surface area contributed by atoms with Gasteiger partial charge < -0.3 is 5.32 Å². The van der Waals surface area contributed by atoms with E-state index in [1.54, 1.807) is 6.20 Å². The van der Waals surface area contributed by atoms with Crippen molar-refractivity contribution >= 4 is 11.6 Å². The van der Waals surface area contributed by atoms with E-state index >= 15 is 0 Å². The number of carbonyl (C=O) groups excluding carboxylic acids is 1. The van der Waals surface area contributed by atoms with E-state index in [1.165, 1.54) is 11.1 Å². The summed E-state index contributed by atoms with van der Waals surface area (Å²) in [6.07, 6.45) is 4.04. The van der Waals surface area contributed by atoms with Crippen molar-refractivity contribution in [1.82, 2.24) is 4.98 Å². The molecule has 0 aliphatic rings. The minimum atomic E-state index is 0.0581. The number of benzene rings is 1. The van der Waals surface area contributed by atoms with Crippen LogP contribution in [0.4, 0.5) is 5.69 Å². The SMILES string of the molecule is Cc1ccc(CCCC(=O)Nc2ccnc(C)c2)cc1. The fourth-order valence-corrected chi connectivity index (χ4v) is 2.05. The van der Waals surface area contributed by atoms with Crippen LogP contribution in [-0.4, -0.2) is 10.9 Å². The second kappa shape index (κ2) is 6.85. The van der Waals surface area contributed by atoms with Crippen molar-refractivity contribution in [3.05, 3.63) is 59.4 Å². The molecule has 20 heavy (non-hydrogen) atoms. The number of amides is 1. The lowest BCUT2D eigenvalue weighted by Gasteiger charge is -2.06. The summed E-state index contributed by atoms with van der Waals surface area (Å²) >= 11 is 0. The highest BCUT2D eigenvalue weighted by molar-refractivity contribution is 5.90. The number of aromatic nitrogens is 1. The van der Waals surface area contributed by atoms with Gasteiger partial charge >= 0.3 is 0 Å². The van der Waals surface area contributed by atoms with Gasteiger partial charge in [-0.3, -0.25) is 9.78 Å². The molecule has 1 aromatic carbocycles. The zero-order valence-corrected chi connectivity index (χ0v) is 12.0. The van der Waals surface area contributed by atoms with Crippen molar-refractivity contribution in [2.45, 2.75) is 33.1 Å². The molecule has 2 rings (SSSR count). The number of hydrogen-bond donors (Lipinski definition) is 1. The van der Waals surface area contributed by atoms with Crippen LogP contribution in [0.25, 0.3) is 0 Å². The summed E-state index contributed by atoms with van der Waals surface area (Å²) in [5, 5.41) is 2.90. The van der Waals surface area contributed by atoms with E-state index in [2.05, 4.69) is 41.5 Å². The number of anilines is 1. The van der Waals surface area contributed by atoms with E-state index in [9.17, 15) is 4.79 Å². The summed E-state index contributed by atoms with van der Waals surface area (Å²) in [7, 11) is 0. The molecule has 0 atom stereocenters. The van der Waals surface area contributed by atoms with Gasteiger partial charge in [0.2, 0.25) is 5.91 Å². The van der Waals surface area contributed by atoms with Gasteiger partial charge in [0, 0.05) is 24.0 Å². The van der Waals surface area contributed by atoms with Crippen LogP contribution in [0.15, 0.2) is 42.6 Å². The van der Waals surface area contributed by atoms with Gasteiger partial charge in [0.25, 0.3) is 0 Å². The quantitative estimate of drug-likeness (QED) is 0.899. The molecule has 1 heterocycles. The Hall–Kier alpha value is -2.16. The van der Waals surface area contributed by atoms with Crippen molar-refractivity contribution in [3.63, 3.8) is 0 Å². The van der Waals surface area contributed by atoms with Gasteiger partial charge in [-0.25, -0.2) is 0 Å². The average molecular weight is 268 g/mol. The molecule has 3 heteroatoms. The van der Waals surface area contributed by atoms with Crippen LogP contribution in [0.3, 0.4) is 0 Å². The number of nitrogens with zero attached hydrogens (tertiary/aromatic N) is 1. The van der Waals surface area contributed by atoms with Crippen molar-refractivity contribution in [1.29, 1.82) is 0 Å². The first kappa shape index (κ1) is 14.3. The van der Waals surface area contributed by atoms with E-state index in [-0.39, 0.29) is 5.91 Å². The highest BCUT2D eigenvalue weighted by Gasteiger charge is 2.03. The summed E-state index contributed by atoms with van der Waals surface area (Å²) in [6, 6.07) is 12.1. The van der Waals surface area contributed by atoms with Crippen molar-refractivity contribution in [3.8, 4) is 0 Å². The van der Waals surface area contributed by atoms with Crippen molar-refractivity contribution < 1.29 is 4.79 Å². The zero-order chi connectivity index (χ0) is 14.4. The van der Waals surface area contributed by atoms with E-state index in [4.69, 9.17) is 0 Å². The van der Waals surface area contributed by atoms with Crippen molar-refractivity contribution in [2.24, 2.45) is 0 Å². The van der Waals surface area contributed by atoms with Gasteiger partial charge in [-0.15, -0.1) is 0 Å². The maximum absolute atomic E-state index is 11.8. The van der Waals surface area contributed by atoms with Crippen LogP contribution in [-0.2, 0) is 11.2 Å². The Morgan fingerprint density at radius 3 is 2.60 bits per heavy atom. The van der Waals surface area contributed by atoms with Gasteiger partial charge in [0.05, 0.1) is 0 Å². The Balaban J connectivity index is 1.76. The molecule has 3 nitrogen and oxygen atoms in total. The first-order chi connectivity index (χ1) is 9.63. The van der Waals surface area contributed by atoms with Gasteiger partial charge in [-0.05, 0) is 44.4 Å². The van der Waals surface area contributed by atoms with Crippen LogP contribution < -0.4 is 5.32 Å². The van der Waals surface area contributed by atoms with Gasteiger partial charge in [-0.2, -0.15) is 0 Å². The third kappa shape index (κ3) is 4.50. The van der Waals surface area contributed by atoms with Crippen LogP contribution >= 0.6 is 0 Å². The molecule has 0 saturated heterocycles. The van der Waals surface area contributed by atoms with Crippen LogP contribution in [0.5, 0.6) is 0 Å². The Bertz CT molecular complexity index is 576. The first-order valence-electron chi connectivity index (χ1n) is 6.91. The maximum Gasteiger partial charge on any atom is 0.224 e. The molecule has 0 aliphatic carbocycles. The molecule has 0 fully saturated rings. The van der Waals surface area contributed by atoms with E-state index < -0.39 is 0 Å². The average Bonchev–Trinajstić information content (AvgIpc) is 2.41. The van der Waals surface area contributed by atoms with Crippen LogP contribution in [0, 0.1) is 13.8 Å². The molecular weight excluding hydrogens is 248 g/mol. The molecule has 2 aromatic rings. The zero-order valence-electron chi connectivity index (χ0n) is 12.0. The highest BCUT2D eigenvalue weighted by Crippen LogP contribution is 2.10. The lowest BCUT2D eigenvalue weighted by Crippen LogP contribution is -2.11. The molecule has 1 N–H and O–H groups in total. The number of rotatable bonds is 5. The molecule has 1 amide bonds. The van der Waals surface area contributed by atoms with E-state index in [0.29, 0.717) is 6.42 Å². The molecule has 1 aromatic heterocycles. The number of pyridine rings is 1. The minimum absolute atomic E-state index is 0.0581. The summed E-state index contributed by atoms with van der Waals surface area (Å²) < 4.78 is 0. The molecule has 0 spiro atoms. The first-order valence-corrected chi connectivity index (χ1v) is 6.91. The summed E-state index contributed by atoms with van der Waals surface area (Å²) in [5.41, 5.74) is 4.27. The Kier molecular flexibility index (Phi) is 4.88. The second-order valence-corrected chi connectivity index (χ2v) is 5.07.